The summed E-state index contributed by atoms with van der Waals surface area (Å²) in [7, 11) is -0.787. The summed E-state index contributed by atoms with van der Waals surface area (Å²) in [5.74, 6) is 4.17. The molecular formula is C19H32Cl2NO10P. The van der Waals surface area contributed by atoms with E-state index in [0.717, 1.165) is 0 Å². The van der Waals surface area contributed by atoms with Crippen LogP contribution in [0.3, 0.4) is 0 Å². The zero-order valence-electron chi connectivity index (χ0n) is 19.2. The Morgan fingerprint density at radius 3 is 1.88 bits per heavy atom. The lowest BCUT2D eigenvalue weighted by Gasteiger charge is -2.26. The molecule has 0 saturated carbocycles. The second-order valence-electron chi connectivity index (χ2n) is 6.11. The van der Waals surface area contributed by atoms with Gasteiger partial charge in [-0.15, -0.1) is 0 Å². The van der Waals surface area contributed by atoms with Gasteiger partial charge in [-0.05, 0) is 19.9 Å². The van der Waals surface area contributed by atoms with Crippen molar-refractivity contribution in [3.8, 4) is 11.5 Å². The molecule has 1 rings (SSSR count). The fourth-order valence-corrected chi connectivity index (χ4v) is 4.89. The summed E-state index contributed by atoms with van der Waals surface area (Å²) in [5, 5.41) is 0.0370. The lowest BCUT2D eigenvalue weighted by Crippen LogP contribution is -2.16. The van der Waals surface area contributed by atoms with Crippen molar-refractivity contribution in [2.45, 2.75) is 19.7 Å². The number of nitrogens with two attached hydrogens (primary N) is 1. The molecule has 0 bridgehead atoms. The first kappa shape index (κ1) is 30.3. The van der Waals surface area contributed by atoms with E-state index in [-0.39, 0.29) is 60.5 Å². The molecule has 1 atom stereocenters. The molecule has 0 saturated heterocycles. The van der Waals surface area contributed by atoms with Crippen LogP contribution >= 0.6 is 30.8 Å². The van der Waals surface area contributed by atoms with E-state index in [0.29, 0.717) is 19.8 Å². The zero-order valence-corrected chi connectivity index (χ0v) is 21.6. The molecule has 0 aliphatic rings. The van der Waals surface area contributed by atoms with Crippen LogP contribution in [0.25, 0.3) is 0 Å². The van der Waals surface area contributed by atoms with Crippen molar-refractivity contribution in [3.05, 3.63) is 21.7 Å². The van der Waals surface area contributed by atoms with E-state index in [1.807, 2.05) is 0 Å². The summed E-state index contributed by atoms with van der Waals surface area (Å²) < 4.78 is 55.8. The topological polar surface area (TPSA) is 126 Å². The van der Waals surface area contributed by atoms with Crippen molar-refractivity contribution in [1.82, 2.24) is 0 Å². The minimum atomic E-state index is -3.88. The summed E-state index contributed by atoms with van der Waals surface area (Å²) >= 11 is 13.0. The standard InChI is InChI=1S/C19H32Cl2NO10P/c1-5-30-33(23,31-6-2)19(32-22)14-11-15(20)17(28-12-26-9-7-24-3)18(16(14)21)29-13-27-10-8-25-4/h11,19H,5-10,12-13,22H2,1-4H3. The van der Waals surface area contributed by atoms with Gasteiger partial charge >= 0.3 is 7.60 Å². The van der Waals surface area contributed by atoms with E-state index in [2.05, 4.69) is 0 Å². The highest BCUT2D eigenvalue weighted by atomic mass is 35.5. The number of methoxy groups -OCH3 is 2. The SMILES string of the molecule is CCOP(=O)(OCC)C(ON)c1cc(Cl)c(OCOCCOC)c(OCOCCOC)c1Cl. The first-order valence-corrected chi connectivity index (χ1v) is 12.4. The van der Waals surface area contributed by atoms with E-state index in [1.54, 1.807) is 28.1 Å². The van der Waals surface area contributed by atoms with Crippen LogP contribution in [-0.4, -0.2) is 67.4 Å². The Labute approximate surface area is 204 Å². The van der Waals surface area contributed by atoms with E-state index in [9.17, 15) is 4.57 Å². The molecule has 2 N–H and O–H groups in total. The third-order valence-corrected chi connectivity index (χ3v) is 6.78. The van der Waals surface area contributed by atoms with Crippen molar-refractivity contribution < 1.29 is 46.9 Å². The molecule has 0 aliphatic carbocycles. The number of ether oxygens (including phenoxy) is 6. The average Bonchev–Trinajstić information content (AvgIpc) is 2.78. The maximum atomic E-state index is 13.3. The molecule has 1 aromatic carbocycles. The number of benzene rings is 1. The molecule has 0 spiro atoms. The molecule has 11 nitrogen and oxygen atoms in total. The van der Waals surface area contributed by atoms with Gasteiger partial charge in [-0.2, -0.15) is 0 Å². The Bertz CT molecular complexity index is 733. The highest BCUT2D eigenvalue weighted by molar-refractivity contribution is 7.54. The molecule has 0 radical (unpaired) electrons. The van der Waals surface area contributed by atoms with Crippen LogP contribution < -0.4 is 15.4 Å². The molecule has 33 heavy (non-hydrogen) atoms. The summed E-state index contributed by atoms with van der Waals surface area (Å²) in [5.41, 5.74) is 0.119. The van der Waals surface area contributed by atoms with Gasteiger partial charge in [0, 0.05) is 19.8 Å². The average molecular weight is 536 g/mol. The quantitative estimate of drug-likeness (QED) is 0.119. The third-order valence-electron chi connectivity index (χ3n) is 3.90. The second-order valence-corrected chi connectivity index (χ2v) is 8.96. The Balaban J connectivity index is 3.31. The third kappa shape index (κ3) is 9.46. The lowest BCUT2D eigenvalue weighted by molar-refractivity contribution is -0.0207. The molecule has 192 valence electrons. The van der Waals surface area contributed by atoms with Gasteiger partial charge in [0.2, 0.25) is 5.85 Å². The molecule has 1 aromatic rings. The first-order valence-electron chi connectivity index (χ1n) is 10.0. The largest absolute Gasteiger partial charge is 0.462 e. The van der Waals surface area contributed by atoms with Crippen LogP contribution in [-0.2, 0) is 37.4 Å². The smallest absolute Gasteiger partial charge is 0.365 e. The molecular weight excluding hydrogens is 504 g/mol. The molecule has 0 fully saturated rings. The van der Waals surface area contributed by atoms with Crippen molar-refractivity contribution in [3.63, 3.8) is 0 Å². The monoisotopic (exact) mass is 535 g/mol. The molecule has 0 heterocycles. The summed E-state index contributed by atoms with van der Waals surface area (Å²) in [4.78, 5) is 4.98. The van der Waals surface area contributed by atoms with Crippen LogP contribution in [0.4, 0.5) is 0 Å². The van der Waals surface area contributed by atoms with Gasteiger partial charge in [0.15, 0.2) is 25.1 Å². The van der Waals surface area contributed by atoms with Gasteiger partial charge in [0.05, 0.1) is 49.7 Å². The van der Waals surface area contributed by atoms with Gasteiger partial charge in [0.1, 0.15) is 0 Å². The molecule has 0 aliphatic heterocycles. The maximum Gasteiger partial charge on any atom is 0.365 e. The predicted molar refractivity (Wildman–Crippen MR) is 122 cm³/mol. The fourth-order valence-electron chi connectivity index (χ4n) is 2.50. The number of hydrogen-bond donors (Lipinski definition) is 1. The predicted octanol–water partition coefficient (Wildman–Crippen LogP) is 4.15. The van der Waals surface area contributed by atoms with Gasteiger partial charge in [-0.3, -0.25) is 9.40 Å². The van der Waals surface area contributed by atoms with E-state index in [1.165, 1.54) is 6.07 Å². The minimum Gasteiger partial charge on any atom is -0.462 e. The van der Waals surface area contributed by atoms with E-state index >= 15 is 0 Å². The Kier molecular flexibility index (Phi) is 15.5. The lowest BCUT2D eigenvalue weighted by atomic mass is 10.2. The van der Waals surface area contributed by atoms with Crippen molar-refractivity contribution in [1.29, 1.82) is 0 Å². The Hall–Kier alpha value is -0.690. The van der Waals surface area contributed by atoms with E-state index < -0.39 is 13.4 Å². The highest BCUT2D eigenvalue weighted by Gasteiger charge is 2.41. The summed E-state index contributed by atoms with van der Waals surface area (Å²) in [6.45, 7) is 4.43. The van der Waals surface area contributed by atoms with Crippen LogP contribution in [0.1, 0.15) is 25.3 Å². The number of hydrogen-bond acceptors (Lipinski definition) is 11. The van der Waals surface area contributed by atoms with Crippen LogP contribution in [0.2, 0.25) is 10.0 Å². The van der Waals surface area contributed by atoms with Crippen molar-refractivity contribution in [2.24, 2.45) is 5.90 Å². The van der Waals surface area contributed by atoms with Gasteiger partial charge in [0.25, 0.3) is 0 Å². The fraction of sp³-hybridized carbons (Fsp3) is 0.684. The summed E-state index contributed by atoms with van der Waals surface area (Å²) in [6, 6.07) is 1.38. The van der Waals surface area contributed by atoms with Crippen LogP contribution in [0, 0.1) is 0 Å². The molecule has 0 aromatic heterocycles. The van der Waals surface area contributed by atoms with Gasteiger partial charge in [-0.1, -0.05) is 23.2 Å². The Morgan fingerprint density at radius 2 is 1.42 bits per heavy atom. The van der Waals surface area contributed by atoms with Crippen LogP contribution in [0.15, 0.2) is 6.07 Å². The van der Waals surface area contributed by atoms with Gasteiger partial charge in [-0.25, -0.2) is 5.90 Å². The number of halogens is 2. The zero-order chi connectivity index (χ0) is 24.7. The normalized spacial score (nSPS) is 12.7. The van der Waals surface area contributed by atoms with Crippen molar-refractivity contribution >= 4 is 30.8 Å². The molecule has 1 unspecified atom stereocenters. The highest BCUT2D eigenvalue weighted by Crippen LogP contribution is 2.63. The van der Waals surface area contributed by atoms with Crippen LogP contribution in [0.5, 0.6) is 11.5 Å². The van der Waals surface area contributed by atoms with Crippen molar-refractivity contribution in [2.75, 3.05) is 67.4 Å². The summed E-state index contributed by atoms with van der Waals surface area (Å²) in [6.07, 6.45) is 0. The number of rotatable bonds is 19. The van der Waals surface area contributed by atoms with E-state index in [4.69, 9.17) is 71.4 Å². The van der Waals surface area contributed by atoms with Gasteiger partial charge < -0.3 is 37.5 Å². The second kappa shape index (κ2) is 16.9. The maximum absolute atomic E-state index is 13.3. The minimum absolute atomic E-state index is 0.00789. The molecule has 0 amide bonds. The molecule has 14 heteroatoms. The first-order chi connectivity index (χ1) is 15.9. The Morgan fingerprint density at radius 1 is 0.909 bits per heavy atom.